The monoisotopic (exact) mass is 363 g/mol. The van der Waals surface area contributed by atoms with Crippen LogP contribution in [0, 0.1) is 0 Å². The molecule has 0 amide bonds. The largest absolute Gasteiger partial charge is 0.496 e. The quantitative estimate of drug-likeness (QED) is 0.735. The summed E-state index contributed by atoms with van der Waals surface area (Å²) in [6, 6.07) is 6.77. The van der Waals surface area contributed by atoms with Crippen molar-refractivity contribution in [1.29, 1.82) is 0 Å². The van der Waals surface area contributed by atoms with Crippen molar-refractivity contribution in [3.8, 4) is 5.75 Å². The average Bonchev–Trinajstić information content (AvgIpc) is 2.34. The van der Waals surface area contributed by atoms with Crippen molar-refractivity contribution in [2.24, 2.45) is 0 Å². The summed E-state index contributed by atoms with van der Waals surface area (Å²) >= 11 is 6.99. The second-order valence-corrected chi connectivity index (χ2v) is 5.58. The Labute approximate surface area is 120 Å². The van der Waals surface area contributed by atoms with E-state index < -0.39 is 0 Å². The molecule has 0 aromatic heterocycles. The van der Waals surface area contributed by atoms with Gasteiger partial charge in [0.25, 0.3) is 0 Å². The minimum Gasteiger partial charge on any atom is -0.496 e. The molecule has 2 nitrogen and oxygen atoms in total. The number of ether oxygens (including phenoxy) is 1. The van der Waals surface area contributed by atoms with Crippen LogP contribution in [0.25, 0.3) is 0 Å². The van der Waals surface area contributed by atoms with E-state index >= 15 is 0 Å². The van der Waals surface area contributed by atoms with Crippen LogP contribution in [0.15, 0.2) is 22.7 Å². The first-order valence-electron chi connectivity index (χ1n) is 5.83. The molecule has 0 spiro atoms. The first-order chi connectivity index (χ1) is 8.21. The van der Waals surface area contributed by atoms with Gasteiger partial charge in [-0.3, -0.25) is 0 Å². The zero-order valence-corrected chi connectivity index (χ0v) is 13.5. The number of nitrogens with one attached hydrogen (secondary N) is 1. The topological polar surface area (TPSA) is 21.3 Å². The zero-order valence-electron chi connectivity index (χ0n) is 10.3. The van der Waals surface area contributed by atoms with E-state index in [0.29, 0.717) is 6.04 Å². The molecule has 0 aliphatic heterocycles. The van der Waals surface area contributed by atoms with Crippen LogP contribution in [-0.2, 0) is 6.54 Å². The predicted molar refractivity (Wildman–Crippen MR) is 80.0 cm³/mol. The maximum Gasteiger partial charge on any atom is 0.133 e. The third-order valence-electron chi connectivity index (χ3n) is 2.76. The Kier molecular flexibility index (Phi) is 7.16. The third kappa shape index (κ3) is 4.98. The zero-order chi connectivity index (χ0) is 12.7. The van der Waals surface area contributed by atoms with Gasteiger partial charge in [-0.2, -0.15) is 0 Å². The fraction of sp³-hybridized carbons (Fsp3) is 0.538. The number of methoxy groups -OCH3 is 1. The number of benzene rings is 1. The second kappa shape index (κ2) is 8.11. The summed E-state index contributed by atoms with van der Waals surface area (Å²) in [6.45, 7) is 3.11. The summed E-state index contributed by atoms with van der Waals surface area (Å²) in [7, 11) is 1.68. The van der Waals surface area contributed by atoms with Gasteiger partial charge in [0.2, 0.25) is 0 Å². The Morgan fingerprint density at radius 1 is 1.41 bits per heavy atom. The molecule has 1 rings (SSSR count). The smallest absolute Gasteiger partial charge is 0.133 e. The van der Waals surface area contributed by atoms with Gasteiger partial charge in [0, 0.05) is 17.9 Å². The molecule has 1 unspecified atom stereocenters. The molecule has 0 radical (unpaired) electrons. The highest BCUT2D eigenvalue weighted by Gasteiger charge is 2.06. The molecule has 0 heterocycles. The summed E-state index contributed by atoms with van der Waals surface area (Å²) in [4.78, 5) is 0. The summed E-state index contributed by atoms with van der Waals surface area (Å²) in [5, 5.41) is 4.61. The molecule has 0 aliphatic rings. The van der Waals surface area contributed by atoms with Gasteiger partial charge >= 0.3 is 0 Å². The summed E-state index contributed by atoms with van der Waals surface area (Å²) < 4.78 is 6.22. The number of hydrogen-bond acceptors (Lipinski definition) is 2. The van der Waals surface area contributed by atoms with Crippen LogP contribution in [0.3, 0.4) is 0 Å². The van der Waals surface area contributed by atoms with Crippen LogP contribution in [-0.4, -0.2) is 18.5 Å². The predicted octanol–water partition coefficient (Wildman–Crippen LogP) is 4.11. The molecule has 1 aromatic rings. The van der Waals surface area contributed by atoms with Gasteiger partial charge < -0.3 is 10.1 Å². The fourth-order valence-corrected chi connectivity index (χ4v) is 2.80. The molecule has 17 heavy (non-hydrogen) atoms. The van der Waals surface area contributed by atoms with Crippen LogP contribution < -0.4 is 10.1 Å². The normalized spacial score (nSPS) is 12.5. The molecule has 0 fully saturated rings. The van der Waals surface area contributed by atoms with Gasteiger partial charge in [-0.25, -0.2) is 0 Å². The van der Waals surface area contributed by atoms with E-state index in [1.807, 2.05) is 6.07 Å². The van der Waals surface area contributed by atoms with Crippen LogP contribution in [0.1, 0.15) is 25.3 Å². The van der Waals surface area contributed by atoms with E-state index in [1.54, 1.807) is 7.11 Å². The van der Waals surface area contributed by atoms with Crippen molar-refractivity contribution in [3.05, 3.63) is 28.2 Å². The van der Waals surface area contributed by atoms with E-state index in [2.05, 4.69) is 56.2 Å². The lowest BCUT2D eigenvalue weighted by atomic mass is 10.1. The van der Waals surface area contributed by atoms with Crippen LogP contribution >= 0.6 is 31.9 Å². The Hall–Kier alpha value is -0.0600. The van der Waals surface area contributed by atoms with E-state index in [1.165, 1.54) is 5.56 Å². The van der Waals surface area contributed by atoms with Gasteiger partial charge in [0.05, 0.1) is 11.6 Å². The lowest BCUT2D eigenvalue weighted by Crippen LogP contribution is -2.28. The fourth-order valence-electron chi connectivity index (χ4n) is 1.66. The standard InChI is InChI=1S/C13H19Br2NO/c1-3-11(6-7-14)16-9-10-4-5-13(17-2)12(15)8-10/h4-5,8,11,16H,3,6-7,9H2,1-2H3. The number of hydrogen-bond donors (Lipinski definition) is 1. The highest BCUT2D eigenvalue weighted by molar-refractivity contribution is 9.10. The Balaban J connectivity index is 2.54. The lowest BCUT2D eigenvalue weighted by molar-refractivity contribution is 0.411. The van der Waals surface area contributed by atoms with E-state index in [9.17, 15) is 0 Å². The molecular weight excluding hydrogens is 346 g/mol. The van der Waals surface area contributed by atoms with E-state index in [-0.39, 0.29) is 0 Å². The highest BCUT2D eigenvalue weighted by Crippen LogP contribution is 2.25. The SMILES string of the molecule is CCC(CCBr)NCc1ccc(OC)c(Br)c1. The van der Waals surface area contributed by atoms with E-state index in [0.717, 1.165) is 34.9 Å². The van der Waals surface area contributed by atoms with Crippen molar-refractivity contribution in [2.75, 3.05) is 12.4 Å². The second-order valence-electron chi connectivity index (χ2n) is 3.93. The lowest BCUT2D eigenvalue weighted by Gasteiger charge is -2.16. The number of rotatable bonds is 7. The minimum atomic E-state index is 0.579. The summed E-state index contributed by atoms with van der Waals surface area (Å²) in [5.74, 6) is 0.876. The van der Waals surface area contributed by atoms with Crippen LogP contribution in [0.4, 0.5) is 0 Å². The molecule has 4 heteroatoms. The Morgan fingerprint density at radius 2 is 2.18 bits per heavy atom. The molecule has 0 saturated carbocycles. The van der Waals surface area contributed by atoms with Crippen LogP contribution in [0.2, 0.25) is 0 Å². The van der Waals surface area contributed by atoms with Gasteiger partial charge in [-0.15, -0.1) is 0 Å². The molecule has 1 aromatic carbocycles. The molecule has 0 saturated heterocycles. The first kappa shape index (κ1) is 15.0. The molecule has 1 N–H and O–H groups in total. The van der Waals surface area contributed by atoms with Crippen molar-refractivity contribution in [1.82, 2.24) is 5.32 Å². The van der Waals surface area contributed by atoms with Crippen LogP contribution in [0.5, 0.6) is 5.75 Å². The number of alkyl halides is 1. The highest BCUT2D eigenvalue weighted by atomic mass is 79.9. The molecule has 0 aliphatic carbocycles. The minimum absolute atomic E-state index is 0.579. The van der Waals surface area contributed by atoms with Crippen molar-refractivity contribution in [3.63, 3.8) is 0 Å². The maximum absolute atomic E-state index is 5.21. The molecule has 96 valence electrons. The van der Waals surface area contributed by atoms with Gasteiger partial charge in [0.15, 0.2) is 0 Å². The molecule has 1 atom stereocenters. The summed E-state index contributed by atoms with van der Waals surface area (Å²) in [6.07, 6.45) is 2.32. The molecule has 0 bridgehead atoms. The van der Waals surface area contributed by atoms with Gasteiger partial charge in [-0.1, -0.05) is 28.9 Å². The van der Waals surface area contributed by atoms with Gasteiger partial charge in [-0.05, 0) is 46.5 Å². The van der Waals surface area contributed by atoms with Crippen molar-refractivity contribution < 1.29 is 4.74 Å². The number of halogens is 2. The van der Waals surface area contributed by atoms with E-state index in [4.69, 9.17) is 4.74 Å². The maximum atomic E-state index is 5.21. The van der Waals surface area contributed by atoms with Gasteiger partial charge in [0.1, 0.15) is 5.75 Å². The molecular formula is C13H19Br2NO. The first-order valence-corrected chi connectivity index (χ1v) is 7.74. The average molecular weight is 365 g/mol. The van der Waals surface area contributed by atoms with Crippen molar-refractivity contribution in [2.45, 2.75) is 32.4 Å². The summed E-state index contributed by atoms with van der Waals surface area (Å²) in [5.41, 5.74) is 1.27. The Bertz CT molecular complexity index is 344. The third-order valence-corrected chi connectivity index (χ3v) is 3.84. The van der Waals surface area contributed by atoms with Crippen molar-refractivity contribution >= 4 is 31.9 Å². The Morgan fingerprint density at radius 3 is 2.71 bits per heavy atom.